The van der Waals surface area contributed by atoms with Crippen LogP contribution < -0.4 is 16.2 Å². The number of hydrogen-bond donors (Lipinski definition) is 1. The minimum absolute atomic E-state index is 0.168. The number of benzene rings is 2. The van der Waals surface area contributed by atoms with Crippen LogP contribution in [0, 0.1) is 10.1 Å². The third-order valence-corrected chi connectivity index (χ3v) is 6.19. The molecule has 0 aliphatic carbocycles. The summed E-state index contributed by atoms with van der Waals surface area (Å²) >= 11 is 0. The minimum atomic E-state index is -0.671. The Morgan fingerprint density at radius 1 is 1.16 bits per heavy atom. The van der Waals surface area contributed by atoms with E-state index in [1.165, 1.54) is 32.2 Å². The number of nitro benzene ring substituents is 1. The Kier molecular flexibility index (Phi) is 8.18. The van der Waals surface area contributed by atoms with Crippen molar-refractivity contribution in [2.24, 2.45) is 5.73 Å². The molecule has 4 rings (SSSR count). The number of amides is 2. The number of aromatic nitrogens is 2. The molecule has 1 aliphatic rings. The van der Waals surface area contributed by atoms with Crippen LogP contribution >= 0.6 is 0 Å². The zero-order valence-electron chi connectivity index (χ0n) is 20.3. The Labute approximate surface area is 212 Å². The molecule has 1 fully saturated rings. The summed E-state index contributed by atoms with van der Waals surface area (Å²) in [6, 6.07) is 13.3. The molecule has 12 heteroatoms. The molecule has 0 spiro atoms. The molecular formula is C25H29N5O7. The predicted octanol–water partition coefficient (Wildman–Crippen LogP) is 1.67. The molecule has 1 unspecified atom stereocenters. The summed E-state index contributed by atoms with van der Waals surface area (Å²) in [4.78, 5) is 50.3. The molecule has 0 radical (unpaired) electrons. The Hall–Kier alpha value is -4.19. The number of primary amides is 1. The number of imidazole rings is 1. The van der Waals surface area contributed by atoms with E-state index in [1.54, 1.807) is 0 Å². The van der Waals surface area contributed by atoms with Gasteiger partial charge in [0.05, 0.1) is 35.2 Å². The van der Waals surface area contributed by atoms with E-state index in [4.69, 9.17) is 15.2 Å². The molecule has 1 saturated heterocycles. The summed E-state index contributed by atoms with van der Waals surface area (Å²) in [5.74, 6) is -0.448. The van der Waals surface area contributed by atoms with Gasteiger partial charge in [-0.15, -0.1) is 0 Å². The number of nitrogens with zero attached hydrogens (tertiary/aromatic N) is 4. The second kappa shape index (κ2) is 11.7. The van der Waals surface area contributed by atoms with Crippen molar-refractivity contribution in [3.05, 3.63) is 69.1 Å². The third kappa shape index (κ3) is 6.33. The summed E-state index contributed by atoms with van der Waals surface area (Å²) < 4.78 is 14.0. The van der Waals surface area contributed by atoms with Crippen LogP contribution in [0.4, 0.5) is 5.69 Å². The van der Waals surface area contributed by atoms with Crippen molar-refractivity contribution in [3.8, 4) is 5.75 Å². The number of fused-ring (bicyclic) bond motifs is 1. The maximum atomic E-state index is 13.4. The molecule has 12 nitrogen and oxygen atoms in total. The first-order chi connectivity index (χ1) is 17.8. The first-order valence-corrected chi connectivity index (χ1v) is 12.1. The van der Waals surface area contributed by atoms with E-state index in [-0.39, 0.29) is 38.0 Å². The number of rotatable bonds is 12. The summed E-state index contributed by atoms with van der Waals surface area (Å²) in [7, 11) is 0. The molecule has 1 aliphatic heterocycles. The Morgan fingerprint density at radius 2 is 1.95 bits per heavy atom. The van der Waals surface area contributed by atoms with Gasteiger partial charge in [-0.3, -0.25) is 28.8 Å². The van der Waals surface area contributed by atoms with E-state index < -0.39 is 22.4 Å². The zero-order chi connectivity index (χ0) is 26.4. The normalized spacial score (nSPS) is 15.1. The van der Waals surface area contributed by atoms with Gasteiger partial charge < -0.3 is 20.1 Å². The predicted molar refractivity (Wildman–Crippen MR) is 134 cm³/mol. The Bertz CT molecular complexity index is 1330. The molecule has 2 N–H and O–H groups in total. The largest absolute Gasteiger partial charge is 0.494 e. The highest BCUT2D eigenvalue weighted by Gasteiger charge is 2.26. The molecule has 1 aromatic heterocycles. The van der Waals surface area contributed by atoms with E-state index in [1.807, 2.05) is 30.3 Å². The molecule has 2 heterocycles. The highest BCUT2D eigenvalue weighted by molar-refractivity contribution is 5.85. The van der Waals surface area contributed by atoms with Gasteiger partial charge in [-0.2, -0.15) is 0 Å². The summed E-state index contributed by atoms with van der Waals surface area (Å²) in [6.07, 6.45) is 1.88. The van der Waals surface area contributed by atoms with Gasteiger partial charge in [0.2, 0.25) is 11.8 Å². The van der Waals surface area contributed by atoms with Gasteiger partial charge in [-0.05, 0) is 37.5 Å². The van der Waals surface area contributed by atoms with Gasteiger partial charge in [0.25, 0.3) is 5.69 Å². The van der Waals surface area contributed by atoms with Crippen molar-refractivity contribution >= 4 is 28.5 Å². The number of para-hydroxylation sites is 1. The maximum Gasteiger partial charge on any atom is 0.329 e. The van der Waals surface area contributed by atoms with Crippen LogP contribution in [0.1, 0.15) is 19.3 Å². The van der Waals surface area contributed by atoms with Crippen LogP contribution in [0.5, 0.6) is 5.75 Å². The van der Waals surface area contributed by atoms with Crippen molar-refractivity contribution in [1.82, 2.24) is 14.0 Å². The van der Waals surface area contributed by atoms with E-state index >= 15 is 0 Å². The number of aryl methyl sites for hydroxylation is 1. The lowest BCUT2D eigenvalue weighted by Crippen LogP contribution is -2.45. The lowest BCUT2D eigenvalue weighted by atomic mass is 10.2. The fraction of sp³-hybridized carbons (Fsp3) is 0.400. The van der Waals surface area contributed by atoms with Crippen LogP contribution in [0.15, 0.2) is 53.3 Å². The fourth-order valence-corrected chi connectivity index (χ4v) is 4.43. The van der Waals surface area contributed by atoms with Crippen LogP contribution in [0.3, 0.4) is 0 Å². The lowest BCUT2D eigenvalue weighted by molar-refractivity contribution is -0.384. The van der Waals surface area contributed by atoms with Crippen LogP contribution in [0.25, 0.3) is 11.0 Å². The SMILES string of the molecule is NC(=O)CN(CC1CCCO1)C(=O)Cn1c(=O)n(CCCOc2ccccc2)c2cc([N+](=O)[O-])ccc21. The van der Waals surface area contributed by atoms with Gasteiger partial charge in [-0.1, -0.05) is 18.2 Å². The highest BCUT2D eigenvalue weighted by Crippen LogP contribution is 2.21. The first-order valence-electron chi connectivity index (χ1n) is 12.1. The van der Waals surface area contributed by atoms with Crippen molar-refractivity contribution in [3.63, 3.8) is 0 Å². The molecule has 2 amide bonds. The number of carbonyl (C=O) groups is 2. The molecule has 3 aromatic rings. The zero-order valence-corrected chi connectivity index (χ0v) is 20.3. The molecule has 37 heavy (non-hydrogen) atoms. The Morgan fingerprint density at radius 3 is 2.62 bits per heavy atom. The minimum Gasteiger partial charge on any atom is -0.494 e. The van der Waals surface area contributed by atoms with Crippen molar-refractivity contribution in [2.75, 3.05) is 26.3 Å². The molecule has 0 bridgehead atoms. The summed E-state index contributed by atoms with van der Waals surface area (Å²) in [6.45, 7) is 0.686. The summed E-state index contributed by atoms with van der Waals surface area (Å²) in [5, 5.41) is 11.4. The van der Waals surface area contributed by atoms with Gasteiger partial charge in [0.1, 0.15) is 12.3 Å². The monoisotopic (exact) mass is 511 g/mol. The molecule has 2 aromatic carbocycles. The molecule has 196 valence electrons. The van der Waals surface area contributed by atoms with Crippen LogP contribution in [0.2, 0.25) is 0 Å². The summed E-state index contributed by atoms with van der Waals surface area (Å²) in [5.41, 5.74) is 5.42. The maximum absolute atomic E-state index is 13.4. The van der Waals surface area contributed by atoms with Gasteiger partial charge in [0, 0.05) is 31.8 Å². The quantitative estimate of drug-likeness (QED) is 0.221. The second-order valence-corrected chi connectivity index (χ2v) is 8.84. The van der Waals surface area contributed by atoms with Gasteiger partial charge in [-0.25, -0.2) is 4.79 Å². The number of carbonyl (C=O) groups excluding carboxylic acids is 2. The lowest BCUT2D eigenvalue weighted by Gasteiger charge is -2.24. The first kappa shape index (κ1) is 25.9. The van der Waals surface area contributed by atoms with E-state index in [9.17, 15) is 24.5 Å². The number of nitrogens with two attached hydrogens (primary N) is 1. The number of non-ortho nitro benzene ring substituents is 1. The average molecular weight is 512 g/mol. The smallest absolute Gasteiger partial charge is 0.329 e. The van der Waals surface area contributed by atoms with Gasteiger partial charge in [0.15, 0.2) is 0 Å². The van der Waals surface area contributed by atoms with E-state index in [0.29, 0.717) is 36.4 Å². The molecule has 1 atom stereocenters. The average Bonchev–Trinajstić information content (AvgIpc) is 3.48. The van der Waals surface area contributed by atoms with Crippen LogP contribution in [-0.2, 0) is 27.4 Å². The highest BCUT2D eigenvalue weighted by atomic mass is 16.6. The second-order valence-electron chi connectivity index (χ2n) is 8.84. The number of ether oxygens (including phenoxy) is 2. The fourth-order valence-electron chi connectivity index (χ4n) is 4.43. The number of hydrogen-bond acceptors (Lipinski definition) is 7. The van der Waals surface area contributed by atoms with Crippen molar-refractivity contribution < 1.29 is 24.0 Å². The van der Waals surface area contributed by atoms with Gasteiger partial charge >= 0.3 is 5.69 Å². The Balaban J connectivity index is 1.57. The van der Waals surface area contributed by atoms with E-state index in [0.717, 1.165) is 12.8 Å². The van der Waals surface area contributed by atoms with E-state index in [2.05, 4.69) is 0 Å². The number of nitro groups is 1. The topological polar surface area (TPSA) is 152 Å². The molecular weight excluding hydrogens is 482 g/mol. The van der Waals surface area contributed by atoms with Crippen molar-refractivity contribution in [2.45, 2.75) is 38.5 Å². The van der Waals surface area contributed by atoms with Crippen LogP contribution in [-0.4, -0.2) is 63.2 Å². The molecule has 0 saturated carbocycles. The van der Waals surface area contributed by atoms with Crippen molar-refractivity contribution in [1.29, 1.82) is 0 Å². The third-order valence-electron chi connectivity index (χ3n) is 6.19. The standard InChI is InChI=1S/C25H29N5O7/c26-23(31)16-27(15-20-8-4-12-37-20)24(32)17-29-21-10-9-18(30(34)35)14-22(21)28(25(29)33)11-5-13-36-19-6-2-1-3-7-19/h1-3,6-7,9-10,14,20H,4-5,8,11-13,15-17H2,(H2,26,31).